The normalized spacial score (nSPS) is 10.4. The molecule has 10 heteroatoms. The van der Waals surface area contributed by atoms with Crippen molar-refractivity contribution in [3.63, 3.8) is 0 Å². The summed E-state index contributed by atoms with van der Waals surface area (Å²) in [4.78, 5) is 39.0. The third-order valence-electron chi connectivity index (χ3n) is 3.98. The summed E-state index contributed by atoms with van der Waals surface area (Å²) in [6, 6.07) is 14.0. The van der Waals surface area contributed by atoms with Crippen LogP contribution in [0.25, 0.3) is 11.3 Å². The average molecular weight is 443 g/mol. The average Bonchev–Trinajstić information content (AvgIpc) is 3.17. The van der Waals surface area contributed by atoms with Crippen LogP contribution in [0.3, 0.4) is 0 Å². The first-order chi connectivity index (χ1) is 14.4. The number of benzene rings is 2. The van der Waals surface area contributed by atoms with Gasteiger partial charge in [0.25, 0.3) is 5.69 Å². The minimum Gasteiger partial charge on any atom is -0.325 e. The molecule has 3 aromatic rings. The van der Waals surface area contributed by atoms with Gasteiger partial charge in [-0.25, -0.2) is 4.98 Å². The second-order valence-electron chi connectivity index (χ2n) is 6.25. The fourth-order valence-corrected chi connectivity index (χ4v) is 3.89. The number of rotatable bonds is 8. The number of aromatic nitrogens is 1. The zero-order chi connectivity index (χ0) is 21.5. The van der Waals surface area contributed by atoms with E-state index in [1.165, 1.54) is 29.2 Å². The number of anilines is 2. The molecule has 30 heavy (non-hydrogen) atoms. The number of amides is 2. The molecule has 0 aliphatic rings. The van der Waals surface area contributed by atoms with Crippen LogP contribution in [0.15, 0.2) is 53.9 Å². The number of carbonyl (C=O) groups excluding carboxylic acids is 2. The van der Waals surface area contributed by atoms with Gasteiger partial charge < -0.3 is 10.6 Å². The van der Waals surface area contributed by atoms with E-state index >= 15 is 0 Å². The van der Waals surface area contributed by atoms with Crippen LogP contribution in [0.1, 0.15) is 5.56 Å². The van der Waals surface area contributed by atoms with Crippen molar-refractivity contribution in [1.82, 2.24) is 4.98 Å². The van der Waals surface area contributed by atoms with E-state index in [0.29, 0.717) is 27.6 Å². The van der Waals surface area contributed by atoms with Crippen molar-refractivity contribution in [2.75, 3.05) is 22.1 Å². The molecular formula is C20H18N4O4S2. The Morgan fingerprint density at radius 1 is 1.10 bits per heavy atom. The lowest BCUT2D eigenvalue weighted by atomic mass is 10.1. The van der Waals surface area contributed by atoms with Crippen LogP contribution < -0.4 is 10.6 Å². The van der Waals surface area contributed by atoms with Crippen molar-refractivity contribution in [3.8, 4) is 11.3 Å². The lowest BCUT2D eigenvalue weighted by molar-refractivity contribution is -0.385. The summed E-state index contributed by atoms with van der Waals surface area (Å²) in [7, 11) is 0. The highest BCUT2D eigenvalue weighted by Gasteiger charge is 2.14. The summed E-state index contributed by atoms with van der Waals surface area (Å²) in [6.45, 7) is 1.67. The number of carbonyl (C=O) groups is 2. The van der Waals surface area contributed by atoms with Crippen molar-refractivity contribution in [1.29, 1.82) is 0 Å². The molecule has 0 saturated carbocycles. The number of hydrogen-bond acceptors (Lipinski definition) is 7. The highest BCUT2D eigenvalue weighted by atomic mass is 32.2. The summed E-state index contributed by atoms with van der Waals surface area (Å²) >= 11 is 2.43. The molecule has 1 heterocycles. The zero-order valence-electron chi connectivity index (χ0n) is 16.0. The highest BCUT2D eigenvalue weighted by molar-refractivity contribution is 8.00. The van der Waals surface area contributed by atoms with Gasteiger partial charge in [-0.1, -0.05) is 30.3 Å². The van der Waals surface area contributed by atoms with E-state index in [2.05, 4.69) is 15.6 Å². The Labute approximate surface area is 180 Å². The maximum Gasteiger partial charge on any atom is 0.272 e. The van der Waals surface area contributed by atoms with Gasteiger partial charge in [-0.3, -0.25) is 19.7 Å². The van der Waals surface area contributed by atoms with Gasteiger partial charge in [0, 0.05) is 28.3 Å². The van der Waals surface area contributed by atoms with Crippen LogP contribution in [-0.4, -0.2) is 33.2 Å². The first-order valence-electron chi connectivity index (χ1n) is 8.86. The van der Waals surface area contributed by atoms with E-state index in [-0.39, 0.29) is 29.0 Å². The summed E-state index contributed by atoms with van der Waals surface area (Å²) in [6.07, 6.45) is 0. The maximum absolute atomic E-state index is 12.1. The predicted octanol–water partition coefficient (Wildman–Crippen LogP) is 4.34. The molecule has 2 N–H and O–H groups in total. The zero-order valence-corrected chi connectivity index (χ0v) is 17.6. The Morgan fingerprint density at radius 3 is 2.50 bits per heavy atom. The molecule has 1 aromatic heterocycles. The van der Waals surface area contributed by atoms with Gasteiger partial charge in [0.15, 0.2) is 5.13 Å². The molecule has 0 bridgehead atoms. The smallest absolute Gasteiger partial charge is 0.272 e. The highest BCUT2D eigenvalue weighted by Crippen LogP contribution is 2.29. The number of para-hydroxylation sites is 1. The number of thiazole rings is 1. The standard InChI is InChI=1S/C20H18N4O4S2/c1-13-7-8-14(9-17(13)24(27)28)16-10-30-20(22-16)23-19(26)12-29-11-18(25)21-15-5-3-2-4-6-15/h2-10H,11-12H2,1H3,(H,21,25)(H,22,23,26). The molecular weight excluding hydrogens is 424 g/mol. The quantitative estimate of drug-likeness (QED) is 0.396. The molecule has 3 rings (SSSR count). The fourth-order valence-electron chi connectivity index (χ4n) is 2.54. The first kappa shape index (κ1) is 21.5. The molecule has 0 atom stereocenters. The number of nitro groups is 1. The number of aryl methyl sites for hydroxylation is 1. The van der Waals surface area contributed by atoms with Crippen molar-refractivity contribution in [2.45, 2.75) is 6.92 Å². The van der Waals surface area contributed by atoms with Crippen LogP contribution in [0.5, 0.6) is 0 Å². The molecule has 0 aliphatic carbocycles. The molecule has 2 amide bonds. The Balaban J connectivity index is 1.50. The number of nitrogens with one attached hydrogen (secondary N) is 2. The van der Waals surface area contributed by atoms with Crippen LogP contribution in [0, 0.1) is 17.0 Å². The van der Waals surface area contributed by atoms with E-state index in [1.54, 1.807) is 36.6 Å². The van der Waals surface area contributed by atoms with E-state index < -0.39 is 4.92 Å². The van der Waals surface area contributed by atoms with E-state index in [4.69, 9.17) is 0 Å². The van der Waals surface area contributed by atoms with Crippen LogP contribution in [0.4, 0.5) is 16.5 Å². The molecule has 0 unspecified atom stereocenters. The largest absolute Gasteiger partial charge is 0.325 e. The van der Waals surface area contributed by atoms with Gasteiger partial charge in [0.05, 0.1) is 22.1 Å². The maximum atomic E-state index is 12.1. The molecule has 154 valence electrons. The molecule has 0 aliphatic heterocycles. The summed E-state index contributed by atoms with van der Waals surface area (Å²) in [5, 5.41) is 18.7. The topological polar surface area (TPSA) is 114 Å². The van der Waals surface area contributed by atoms with Gasteiger partial charge in [-0.2, -0.15) is 0 Å². The van der Waals surface area contributed by atoms with Crippen molar-refractivity contribution in [2.24, 2.45) is 0 Å². The van der Waals surface area contributed by atoms with Crippen LogP contribution in [0.2, 0.25) is 0 Å². The third-order valence-corrected chi connectivity index (χ3v) is 5.67. The lowest BCUT2D eigenvalue weighted by Crippen LogP contribution is -2.18. The molecule has 2 aromatic carbocycles. The Kier molecular flexibility index (Phi) is 7.15. The molecule has 0 fully saturated rings. The van der Waals surface area contributed by atoms with Crippen LogP contribution >= 0.6 is 23.1 Å². The van der Waals surface area contributed by atoms with E-state index in [9.17, 15) is 19.7 Å². The number of nitrogens with zero attached hydrogens (tertiary/aromatic N) is 2. The van der Waals surface area contributed by atoms with Gasteiger partial charge in [0.2, 0.25) is 11.8 Å². The second-order valence-corrected chi connectivity index (χ2v) is 8.10. The number of nitro benzene ring substituents is 1. The summed E-state index contributed by atoms with van der Waals surface area (Å²) in [5.41, 5.74) is 2.46. The Morgan fingerprint density at radius 2 is 1.80 bits per heavy atom. The fraction of sp³-hybridized carbons (Fsp3) is 0.150. The predicted molar refractivity (Wildman–Crippen MR) is 120 cm³/mol. The first-order valence-corrected chi connectivity index (χ1v) is 10.9. The van der Waals surface area contributed by atoms with Crippen LogP contribution in [-0.2, 0) is 9.59 Å². The number of hydrogen-bond donors (Lipinski definition) is 2. The molecule has 0 radical (unpaired) electrons. The Bertz CT molecular complexity index is 1070. The summed E-state index contributed by atoms with van der Waals surface area (Å²) < 4.78 is 0. The van der Waals surface area contributed by atoms with Gasteiger partial charge in [-0.05, 0) is 19.1 Å². The molecule has 0 saturated heterocycles. The second kappa shape index (κ2) is 9.99. The lowest BCUT2D eigenvalue weighted by Gasteiger charge is -2.05. The SMILES string of the molecule is Cc1ccc(-c2csc(NC(=O)CSCC(=O)Nc3ccccc3)n2)cc1[N+](=O)[O-]. The molecule has 8 nitrogen and oxygen atoms in total. The van der Waals surface area contributed by atoms with Crippen molar-refractivity contribution in [3.05, 3.63) is 69.6 Å². The van der Waals surface area contributed by atoms with Gasteiger partial charge in [0.1, 0.15) is 0 Å². The minimum atomic E-state index is -0.431. The summed E-state index contributed by atoms with van der Waals surface area (Å²) in [5.74, 6) is -0.203. The van der Waals surface area contributed by atoms with Crippen molar-refractivity contribution < 1.29 is 14.5 Å². The number of thioether (sulfide) groups is 1. The Hall–Kier alpha value is -3.24. The van der Waals surface area contributed by atoms with Gasteiger partial charge in [-0.15, -0.1) is 23.1 Å². The monoisotopic (exact) mass is 442 g/mol. The third kappa shape index (κ3) is 5.88. The van der Waals surface area contributed by atoms with E-state index in [1.807, 2.05) is 18.2 Å². The van der Waals surface area contributed by atoms with Crippen molar-refractivity contribution >= 4 is 51.4 Å². The molecule has 0 spiro atoms. The minimum absolute atomic E-state index is 0.0243. The van der Waals surface area contributed by atoms with E-state index in [0.717, 1.165) is 0 Å². The van der Waals surface area contributed by atoms with Gasteiger partial charge >= 0.3 is 0 Å².